The van der Waals surface area contributed by atoms with E-state index in [-0.39, 0.29) is 72.0 Å². The number of ether oxygens (including phenoxy) is 13. The number of carbonyl (C=O) groups excluding carboxylic acids is 7. The molecule has 27 aliphatic rings. The van der Waals surface area contributed by atoms with E-state index in [9.17, 15) is 120 Å². The number of amides is 6. The number of nitrogen functional groups attached to an aromatic ring is 1. The van der Waals surface area contributed by atoms with Crippen molar-refractivity contribution >= 4 is 52.6 Å². The van der Waals surface area contributed by atoms with Crippen molar-refractivity contribution in [3.05, 3.63) is 70.0 Å². The van der Waals surface area contributed by atoms with Crippen LogP contribution in [0.2, 0.25) is 0 Å². The number of rotatable bonds is 29. The fourth-order valence-corrected chi connectivity index (χ4v) is 24.5. The molecule has 30 rings (SSSR count). The third kappa shape index (κ3) is 24.8. The third-order valence-corrected chi connectivity index (χ3v) is 32.8. The number of nitrogens with zero attached hydrogens (tertiary/aromatic N) is 3. The van der Waals surface area contributed by atoms with Crippen LogP contribution in [0.5, 0.6) is 0 Å². The maximum atomic E-state index is 14.8. The summed E-state index contributed by atoms with van der Waals surface area (Å²) in [4.78, 5) is 94.2. The van der Waals surface area contributed by atoms with E-state index < -0.39 is 276 Å². The van der Waals surface area contributed by atoms with Gasteiger partial charge in [-0.25, -0.2) is 9.48 Å². The first-order chi connectivity index (χ1) is 70.4. The molecule has 2 saturated carbocycles. The minimum Gasteiger partial charge on any atom is -0.399 e. The molecule has 12 bridgehead atoms. The summed E-state index contributed by atoms with van der Waals surface area (Å²) in [6.07, 6.45) is -45.8. The highest BCUT2D eigenvalue weighted by Crippen LogP contribution is 2.61. The molecule has 40 atom stereocenters. The number of benzene rings is 2. The van der Waals surface area contributed by atoms with Gasteiger partial charge in [-0.1, -0.05) is 91.0 Å². The summed E-state index contributed by atoms with van der Waals surface area (Å²) in [6, 6.07) is 9.93. The van der Waals surface area contributed by atoms with Gasteiger partial charge >= 0.3 is 6.03 Å². The van der Waals surface area contributed by atoms with Crippen molar-refractivity contribution in [1.82, 2.24) is 36.3 Å². The molecule has 2 aromatic carbocycles. The predicted octanol–water partition coefficient (Wildman–Crippen LogP) is -4.54. The Hall–Kier alpha value is -7.21. The van der Waals surface area contributed by atoms with Gasteiger partial charge < -0.3 is 187 Å². The number of nitrogens with one attached hydrogen (secondary N) is 5. The lowest BCUT2D eigenvalue weighted by atomic mass is 9.49. The van der Waals surface area contributed by atoms with Crippen LogP contribution in [-0.4, -0.2) is 399 Å². The van der Waals surface area contributed by atoms with E-state index in [0.717, 1.165) is 101 Å². The molecule has 24 fully saturated rings. The first-order valence-electron chi connectivity index (χ1n) is 52.0. The number of fused-ring (bicyclic) bond motifs is 7. The lowest BCUT2D eigenvalue weighted by molar-refractivity contribution is -0.403. The number of hydrogen-bond donors (Lipinski definition) is 25. The van der Waals surface area contributed by atoms with E-state index in [0.29, 0.717) is 62.0 Å². The van der Waals surface area contributed by atoms with E-state index in [1.807, 2.05) is 46.0 Å². The second kappa shape index (κ2) is 50.1. The van der Waals surface area contributed by atoms with Crippen LogP contribution in [0.3, 0.4) is 0 Å². The van der Waals surface area contributed by atoms with Crippen LogP contribution >= 0.6 is 0 Å². The Morgan fingerprint density at radius 2 is 0.919 bits per heavy atom. The Bertz CT molecular complexity index is 4950. The number of anilines is 2. The minimum absolute atomic E-state index is 0.0540. The highest BCUT2D eigenvalue weighted by Gasteiger charge is 2.63. The molecular weight excluding hydrogens is 1950 g/mol. The standard InChI is InChI=1S/C53H80N8O6.C47H75N3O31/c1-32(2)44(60-46(64)40(55)14-8-9-27-57-7)41(62)29-35(13-10-28-58-49(56)67)45(63)59-37-20-16-34-18-22-43-51(4,39(34)31-37)24-12-26-53(43,6)48(66)61-47(65)52(5)25-11-23-50(3)38-30-36(54)19-15-33(38)17-21-42(50)52;1-14(56)13-69-16-6-4-2-3-5-15-23(16)48-49-50(15)7-17-36-24(57)30(63)42(70-17)77-37-18(8-51)72-44(32(65)26(37)59)79-39-20(10-53)74-46(34(67)28(39)61)81-41-22(12-55)75-47(35(68)29(41)62)80-40-21(11-54)73-45(33(66)27(40)60)78-38-19(9-52)71-43(76-36)31(64)25(38)58/h15-16,19-20,30-32,35,40,42-44,57H,8-14,17-18,21-29,54-55H2,1-7H3,(H,59,63)(H,60,64)(H3,56,58,67)(H,61,65,66);16-22,24-47,51-55,57-68H,2-13H2,1H3/t35-,40-,42-,43-,44+,50-,51-,52+,53+;/m1./s1. The summed E-state index contributed by atoms with van der Waals surface area (Å²) in [5.41, 5.74) is 22.7. The monoisotopic (exact) mass is 2100 g/mol. The summed E-state index contributed by atoms with van der Waals surface area (Å²) in [6.45, 7) is 9.05. The van der Waals surface area contributed by atoms with E-state index >= 15 is 0 Å². The lowest BCUT2D eigenvalue weighted by Crippen LogP contribution is -2.69. The van der Waals surface area contributed by atoms with Gasteiger partial charge in [-0.3, -0.25) is 34.1 Å². The fourth-order valence-electron chi connectivity index (χ4n) is 24.5. The number of urea groups is 1. The van der Waals surface area contributed by atoms with Crippen molar-refractivity contribution in [2.24, 2.45) is 46.0 Å². The normalized spacial score (nSPS) is 39.5. The number of hydrogen-bond acceptors (Lipinski definition) is 42. The van der Waals surface area contributed by atoms with Gasteiger partial charge in [-0.05, 0) is 192 Å². The third-order valence-electron chi connectivity index (χ3n) is 32.8. The van der Waals surface area contributed by atoms with Crippen LogP contribution in [0.25, 0.3) is 0 Å². The van der Waals surface area contributed by atoms with Crippen molar-refractivity contribution in [1.29, 1.82) is 0 Å². The average Bonchev–Trinajstić information content (AvgIpc) is 0.765. The number of nitrogens with two attached hydrogens (primary N) is 3. The molecular formula is C100H155N11O37. The Kier molecular flexibility index (Phi) is 39.4. The Morgan fingerprint density at radius 1 is 0.493 bits per heavy atom. The number of carbonyl (C=O) groups is 7. The largest absolute Gasteiger partial charge is 0.399 e. The molecule has 48 nitrogen and oxygen atoms in total. The van der Waals surface area contributed by atoms with Gasteiger partial charge in [-0.2, -0.15) is 0 Å². The molecule has 0 radical (unpaired) electrons. The number of aliphatic hydroxyl groups excluding tert-OH is 17. The van der Waals surface area contributed by atoms with Crippen molar-refractivity contribution in [2.45, 2.75) is 403 Å². The number of Topliss-reactive ketones (excluding diaryl/α,β-unsaturated/α-hetero) is 2. The van der Waals surface area contributed by atoms with Gasteiger partial charge in [0.05, 0.1) is 68.2 Å². The maximum absolute atomic E-state index is 14.8. The Labute approximate surface area is 857 Å². The van der Waals surface area contributed by atoms with Crippen LogP contribution in [0.1, 0.15) is 204 Å². The molecule has 28 N–H and O–H groups in total. The zero-order valence-electron chi connectivity index (χ0n) is 84.9. The first kappa shape index (κ1) is 116. The topological polar surface area (TPSA) is 752 Å². The van der Waals surface area contributed by atoms with E-state index in [1.165, 1.54) is 28.3 Å². The van der Waals surface area contributed by atoms with Gasteiger partial charge in [0.15, 0.2) is 49.3 Å². The van der Waals surface area contributed by atoms with Gasteiger partial charge in [0, 0.05) is 30.3 Å². The zero-order valence-corrected chi connectivity index (χ0v) is 84.9. The summed E-state index contributed by atoms with van der Waals surface area (Å²) in [5.74, 6) is -2.61. The summed E-state index contributed by atoms with van der Waals surface area (Å²) >= 11 is 0. The molecule has 832 valence electrons. The van der Waals surface area contributed by atoms with Crippen LogP contribution in [0.4, 0.5) is 16.2 Å². The molecule has 31 unspecified atom stereocenters. The fraction of sp³-hybridized carbons (Fsp3) is 0.790. The maximum Gasteiger partial charge on any atom is 0.312 e. The van der Waals surface area contributed by atoms with Gasteiger partial charge in [-0.15, -0.1) is 5.10 Å². The van der Waals surface area contributed by atoms with Crippen molar-refractivity contribution in [3.8, 4) is 0 Å². The molecule has 0 spiro atoms. The second-order valence-electron chi connectivity index (χ2n) is 43.2. The highest BCUT2D eigenvalue weighted by molar-refractivity contribution is 6.01. The quantitative estimate of drug-likeness (QED) is 0.0177. The number of aryl methyl sites for hydroxylation is 2. The van der Waals surface area contributed by atoms with Gasteiger partial charge in [0.2, 0.25) is 23.6 Å². The molecule has 5 aliphatic carbocycles. The molecule has 23 heterocycles. The van der Waals surface area contributed by atoms with E-state index in [2.05, 4.69) is 75.9 Å². The molecule has 6 amide bonds. The zero-order chi connectivity index (χ0) is 107. The second-order valence-corrected chi connectivity index (χ2v) is 43.2. The summed E-state index contributed by atoms with van der Waals surface area (Å²) in [5, 5.41) is 214. The van der Waals surface area contributed by atoms with Crippen LogP contribution < -0.4 is 43.8 Å². The molecule has 48 heteroatoms. The molecule has 3 aromatic rings. The highest BCUT2D eigenvalue weighted by atomic mass is 16.8. The SMILES string of the molecule is CC(=O)COC1CCCCCc2c1nnn2CC1OC2OC3C(CO)OC(OC4C(CO)OC(OC5C(CO)OC(OC6C(CO)OC(OC7C(CO)OC(OC1C(O)C2O)C(O)C7O)C(O)C6O)C(O)C5O)C(O)C4O)C(O)C3O.CNCCCC[C@@H](N)C(=O)N[C@H](C(=O)C[C@@H](CCCNC(N)=O)C(=O)Nc1ccc2c(c1)[C@@]1(C)CCC[C@](C)(C(=O)NC(=O)[C@@]3(C)CCC[C@]4(C)c5cc(N)ccc5CC[C@@H]34)[C@@H]1CC2)C(C)C. The van der Waals surface area contributed by atoms with Crippen molar-refractivity contribution < 1.29 is 182 Å². The smallest absolute Gasteiger partial charge is 0.312 e. The average molecular weight is 2100 g/mol. The first-order valence-corrected chi connectivity index (χ1v) is 52.0. The number of ketones is 2. The summed E-state index contributed by atoms with van der Waals surface area (Å²) < 4.78 is 77.8. The number of unbranched alkanes of at least 4 members (excludes halogenated alkanes) is 1. The van der Waals surface area contributed by atoms with E-state index in [4.69, 9.17) is 78.8 Å². The summed E-state index contributed by atoms with van der Waals surface area (Å²) in [7, 11) is 1.87. The molecule has 148 heavy (non-hydrogen) atoms. The Balaban J connectivity index is 0.000000238. The lowest BCUT2D eigenvalue weighted by Gasteiger charge is -2.56. The van der Waals surface area contributed by atoms with Crippen LogP contribution in [0, 0.1) is 34.5 Å². The van der Waals surface area contributed by atoms with Crippen LogP contribution in [0.15, 0.2) is 36.4 Å². The van der Waals surface area contributed by atoms with Crippen LogP contribution in [-0.2, 0) is 127 Å². The Morgan fingerprint density at radius 3 is 1.34 bits per heavy atom. The van der Waals surface area contributed by atoms with Crippen molar-refractivity contribution in [2.75, 3.05) is 70.8 Å². The number of primary amides is 1. The molecule has 22 saturated heterocycles. The van der Waals surface area contributed by atoms with E-state index in [1.54, 1.807) is 0 Å². The number of aliphatic hydroxyl groups is 17. The van der Waals surface area contributed by atoms with Gasteiger partial charge in [0.1, 0.15) is 165 Å². The number of imide groups is 1. The minimum atomic E-state index is -2.18. The van der Waals surface area contributed by atoms with Crippen molar-refractivity contribution in [3.63, 3.8) is 0 Å². The number of aromatic nitrogens is 3. The van der Waals surface area contributed by atoms with Gasteiger partial charge in [0.25, 0.3) is 0 Å². The predicted molar refractivity (Wildman–Crippen MR) is 514 cm³/mol. The molecule has 22 aliphatic heterocycles. The molecule has 1 aromatic heterocycles.